The van der Waals surface area contributed by atoms with Gasteiger partial charge in [-0.2, -0.15) is 0 Å². The maximum atomic E-state index is 14.0. The van der Waals surface area contributed by atoms with E-state index in [4.69, 9.17) is 4.74 Å². The molecule has 0 saturated heterocycles. The molecule has 158 valence electrons. The third kappa shape index (κ3) is 4.94. The summed E-state index contributed by atoms with van der Waals surface area (Å²) in [5, 5.41) is 2.77. The van der Waals surface area contributed by atoms with Crippen LogP contribution in [0.4, 0.5) is 10.1 Å². The van der Waals surface area contributed by atoms with Crippen LogP contribution in [0.5, 0.6) is 5.75 Å². The summed E-state index contributed by atoms with van der Waals surface area (Å²) in [5.41, 5.74) is 2.45. The van der Waals surface area contributed by atoms with Gasteiger partial charge in [-0.1, -0.05) is 40.2 Å². The van der Waals surface area contributed by atoms with Crippen LogP contribution in [0.2, 0.25) is 0 Å². The number of ether oxygens (including phenoxy) is 1. The lowest BCUT2D eigenvalue weighted by Crippen LogP contribution is -2.37. The van der Waals surface area contributed by atoms with E-state index in [9.17, 15) is 14.0 Å². The number of amides is 2. The van der Waals surface area contributed by atoms with Gasteiger partial charge in [-0.15, -0.1) is 0 Å². The molecule has 1 aliphatic heterocycles. The third-order valence-electron chi connectivity index (χ3n) is 5.09. The first-order valence-electron chi connectivity index (χ1n) is 9.84. The van der Waals surface area contributed by atoms with Crippen LogP contribution in [0, 0.1) is 5.82 Å². The predicted octanol–water partition coefficient (Wildman–Crippen LogP) is 4.80. The van der Waals surface area contributed by atoms with Crippen molar-refractivity contribution < 1.29 is 18.7 Å². The highest BCUT2D eigenvalue weighted by Crippen LogP contribution is 2.29. The van der Waals surface area contributed by atoms with Crippen molar-refractivity contribution in [3.63, 3.8) is 0 Å². The number of carbonyl (C=O) groups excluding carboxylic acids is 2. The molecule has 0 saturated carbocycles. The second-order valence-corrected chi connectivity index (χ2v) is 8.11. The molecule has 1 N–H and O–H groups in total. The van der Waals surface area contributed by atoms with Crippen LogP contribution in [0.15, 0.2) is 71.2 Å². The zero-order valence-corrected chi connectivity index (χ0v) is 18.2. The Morgan fingerprint density at radius 1 is 1.06 bits per heavy atom. The first-order valence-corrected chi connectivity index (χ1v) is 10.6. The molecule has 0 bridgehead atoms. The van der Waals surface area contributed by atoms with Gasteiger partial charge in [-0.05, 0) is 48.9 Å². The number of hydrogen-bond donors (Lipinski definition) is 1. The van der Waals surface area contributed by atoms with E-state index in [0.29, 0.717) is 35.5 Å². The van der Waals surface area contributed by atoms with Gasteiger partial charge >= 0.3 is 0 Å². The summed E-state index contributed by atoms with van der Waals surface area (Å²) in [4.78, 5) is 26.8. The number of halogens is 2. The molecule has 7 heteroatoms. The Morgan fingerprint density at radius 3 is 2.61 bits per heavy atom. The molecule has 3 aromatic rings. The van der Waals surface area contributed by atoms with E-state index >= 15 is 0 Å². The summed E-state index contributed by atoms with van der Waals surface area (Å²) in [6.07, 6.45) is 0.569. The number of hydrogen-bond acceptors (Lipinski definition) is 3. The van der Waals surface area contributed by atoms with Crippen LogP contribution >= 0.6 is 15.9 Å². The predicted molar refractivity (Wildman–Crippen MR) is 120 cm³/mol. The minimum atomic E-state index is -0.324. The first kappa shape index (κ1) is 21.1. The third-order valence-corrected chi connectivity index (χ3v) is 5.62. The Bertz CT molecular complexity index is 1120. The second-order valence-electron chi connectivity index (χ2n) is 7.19. The number of rotatable bonds is 6. The highest BCUT2D eigenvalue weighted by molar-refractivity contribution is 9.10. The molecule has 0 aliphatic carbocycles. The molecular weight excluding hydrogens is 463 g/mol. The monoisotopic (exact) mass is 482 g/mol. The smallest absolute Gasteiger partial charge is 0.262 e. The van der Waals surface area contributed by atoms with E-state index < -0.39 is 0 Å². The van der Waals surface area contributed by atoms with E-state index in [1.807, 2.05) is 12.1 Å². The summed E-state index contributed by atoms with van der Waals surface area (Å²) in [6.45, 7) is 0.497. The fraction of sp³-hybridized carbons (Fsp3) is 0.167. The molecule has 0 fully saturated rings. The van der Waals surface area contributed by atoms with Crippen molar-refractivity contribution in [2.45, 2.75) is 13.0 Å². The first-order chi connectivity index (χ1) is 15.0. The van der Waals surface area contributed by atoms with Gasteiger partial charge in [0.2, 0.25) is 0 Å². The van der Waals surface area contributed by atoms with Gasteiger partial charge in [-0.3, -0.25) is 9.59 Å². The lowest BCUT2D eigenvalue weighted by Gasteiger charge is -2.29. The van der Waals surface area contributed by atoms with Crippen molar-refractivity contribution in [3.05, 3.63) is 93.7 Å². The number of benzene rings is 3. The molecule has 0 atom stereocenters. The van der Waals surface area contributed by atoms with Crippen molar-refractivity contribution in [2.24, 2.45) is 0 Å². The molecule has 4 rings (SSSR count). The summed E-state index contributed by atoms with van der Waals surface area (Å²) < 4.78 is 20.6. The molecule has 0 unspecified atom stereocenters. The number of anilines is 1. The fourth-order valence-corrected chi connectivity index (χ4v) is 3.80. The zero-order chi connectivity index (χ0) is 21.8. The zero-order valence-electron chi connectivity index (χ0n) is 16.6. The van der Waals surface area contributed by atoms with Crippen LogP contribution in [-0.2, 0) is 17.8 Å². The molecule has 5 nitrogen and oxygen atoms in total. The highest BCUT2D eigenvalue weighted by atomic mass is 79.9. The van der Waals surface area contributed by atoms with Gasteiger partial charge in [-0.25, -0.2) is 4.39 Å². The van der Waals surface area contributed by atoms with Gasteiger partial charge in [0, 0.05) is 39.9 Å². The van der Waals surface area contributed by atoms with E-state index in [-0.39, 0.29) is 30.8 Å². The van der Waals surface area contributed by atoms with Crippen LogP contribution in [0.1, 0.15) is 21.5 Å². The Kier molecular flexibility index (Phi) is 6.32. The van der Waals surface area contributed by atoms with Gasteiger partial charge in [0.1, 0.15) is 11.6 Å². The molecule has 31 heavy (non-hydrogen) atoms. The molecule has 1 heterocycles. The van der Waals surface area contributed by atoms with Crippen molar-refractivity contribution in [1.82, 2.24) is 4.90 Å². The topological polar surface area (TPSA) is 58.6 Å². The van der Waals surface area contributed by atoms with Crippen molar-refractivity contribution >= 4 is 33.4 Å². The lowest BCUT2D eigenvalue weighted by molar-refractivity contribution is -0.118. The Hall–Kier alpha value is -3.19. The fourth-order valence-electron chi connectivity index (χ4n) is 3.53. The van der Waals surface area contributed by atoms with E-state index in [1.54, 1.807) is 53.4 Å². The van der Waals surface area contributed by atoms with Crippen LogP contribution in [0.3, 0.4) is 0 Å². The minimum absolute atomic E-state index is 0.167. The molecule has 1 aliphatic rings. The second kappa shape index (κ2) is 9.31. The number of carbonyl (C=O) groups is 2. The average molecular weight is 483 g/mol. The number of nitrogens with zero attached hydrogens (tertiary/aromatic N) is 1. The molecular formula is C24H20BrFN2O3. The van der Waals surface area contributed by atoms with Gasteiger partial charge < -0.3 is 15.0 Å². The summed E-state index contributed by atoms with van der Waals surface area (Å²) in [6, 6.07) is 18.9. The summed E-state index contributed by atoms with van der Waals surface area (Å²) >= 11 is 3.35. The summed E-state index contributed by atoms with van der Waals surface area (Å²) in [5.74, 6) is -0.269. The van der Waals surface area contributed by atoms with Crippen LogP contribution < -0.4 is 10.1 Å². The molecule has 0 spiro atoms. The molecule has 3 aromatic carbocycles. The van der Waals surface area contributed by atoms with Gasteiger partial charge in [0.05, 0.1) is 0 Å². The van der Waals surface area contributed by atoms with Gasteiger partial charge in [0.15, 0.2) is 6.61 Å². The van der Waals surface area contributed by atoms with E-state index in [1.165, 1.54) is 6.07 Å². The standard InChI is InChI=1S/C24H20BrFN2O3/c25-17-8-10-18(11-9-17)27-23(29)15-31-22-7-3-5-20-19(22)12-13-28(24(20)30)14-16-4-1-2-6-21(16)26/h1-11H,12-15H2,(H,27,29). The Labute approximate surface area is 188 Å². The largest absolute Gasteiger partial charge is 0.483 e. The van der Waals surface area contributed by atoms with E-state index in [2.05, 4.69) is 21.2 Å². The van der Waals surface area contributed by atoms with Gasteiger partial charge in [0.25, 0.3) is 11.8 Å². The molecule has 0 radical (unpaired) electrons. The van der Waals surface area contributed by atoms with Crippen molar-refractivity contribution in [1.29, 1.82) is 0 Å². The molecule has 2 amide bonds. The minimum Gasteiger partial charge on any atom is -0.483 e. The molecule has 0 aromatic heterocycles. The normalized spacial score (nSPS) is 13.0. The SMILES string of the molecule is O=C(COc1cccc2c1CCN(Cc1ccccc1F)C2=O)Nc1ccc(Br)cc1. The highest BCUT2D eigenvalue weighted by Gasteiger charge is 2.27. The number of fused-ring (bicyclic) bond motifs is 1. The van der Waals surface area contributed by atoms with Crippen LogP contribution in [0.25, 0.3) is 0 Å². The lowest BCUT2D eigenvalue weighted by atomic mass is 9.97. The van der Waals surface area contributed by atoms with E-state index in [0.717, 1.165) is 10.0 Å². The number of nitrogens with one attached hydrogen (secondary N) is 1. The quantitative estimate of drug-likeness (QED) is 0.548. The average Bonchev–Trinajstić information content (AvgIpc) is 2.77. The van der Waals surface area contributed by atoms with Crippen molar-refractivity contribution in [3.8, 4) is 5.75 Å². The van der Waals surface area contributed by atoms with Crippen molar-refractivity contribution in [2.75, 3.05) is 18.5 Å². The Morgan fingerprint density at radius 2 is 1.84 bits per heavy atom. The van der Waals surface area contributed by atoms with Crippen LogP contribution in [-0.4, -0.2) is 29.9 Å². The Balaban J connectivity index is 1.42. The maximum absolute atomic E-state index is 14.0. The maximum Gasteiger partial charge on any atom is 0.262 e. The summed E-state index contributed by atoms with van der Waals surface area (Å²) in [7, 11) is 0.